The molecule has 5 nitrogen and oxygen atoms in total. The third-order valence-corrected chi connectivity index (χ3v) is 2.49. The number of hydrogen-bond acceptors (Lipinski definition) is 5. The highest BCUT2D eigenvalue weighted by atomic mass is 14.9. The molecule has 3 aromatic heterocycles. The summed E-state index contributed by atoms with van der Waals surface area (Å²) in [6.07, 6.45) is 6.65. The van der Waals surface area contributed by atoms with Crippen molar-refractivity contribution in [2.75, 3.05) is 5.73 Å². The molecule has 17 heavy (non-hydrogen) atoms. The van der Waals surface area contributed by atoms with Gasteiger partial charge in [0.25, 0.3) is 0 Å². The summed E-state index contributed by atoms with van der Waals surface area (Å²) >= 11 is 0. The monoisotopic (exact) mass is 223 g/mol. The molecule has 82 valence electrons. The second kappa shape index (κ2) is 3.79. The average Bonchev–Trinajstić information content (AvgIpc) is 2.39. The van der Waals surface area contributed by atoms with Crippen molar-refractivity contribution in [1.82, 2.24) is 19.9 Å². The van der Waals surface area contributed by atoms with Crippen LogP contribution in [0.25, 0.3) is 22.2 Å². The van der Waals surface area contributed by atoms with Crippen molar-refractivity contribution < 1.29 is 0 Å². The molecule has 3 heterocycles. The third-order valence-electron chi connectivity index (χ3n) is 2.49. The maximum Gasteiger partial charge on any atom is 0.164 e. The van der Waals surface area contributed by atoms with E-state index < -0.39 is 0 Å². The van der Waals surface area contributed by atoms with Crippen LogP contribution in [0.3, 0.4) is 0 Å². The van der Waals surface area contributed by atoms with Crippen molar-refractivity contribution in [1.29, 1.82) is 0 Å². The summed E-state index contributed by atoms with van der Waals surface area (Å²) in [5.74, 6) is 0.448. The number of aromatic nitrogens is 4. The summed E-state index contributed by atoms with van der Waals surface area (Å²) in [4.78, 5) is 16.3. The molecule has 2 N–H and O–H groups in total. The van der Waals surface area contributed by atoms with Crippen LogP contribution in [0, 0.1) is 0 Å². The Balaban J connectivity index is 2.27. The second-order valence-electron chi connectivity index (χ2n) is 3.60. The number of fused-ring (bicyclic) bond motifs is 1. The largest absolute Gasteiger partial charge is 0.383 e. The summed E-state index contributed by atoms with van der Waals surface area (Å²) in [5, 5.41) is 0.862. The van der Waals surface area contributed by atoms with Gasteiger partial charge in [0.05, 0.1) is 0 Å². The van der Waals surface area contributed by atoms with Gasteiger partial charge in [-0.2, -0.15) is 0 Å². The van der Waals surface area contributed by atoms with Gasteiger partial charge in [-0.3, -0.25) is 4.98 Å². The smallest absolute Gasteiger partial charge is 0.164 e. The molecule has 0 aliphatic heterocycles. The standard InChI is InChI=1S/C12H9N5/c13-11-10(8-2-1-3-14-5-8)4-9-6-15-7-16-12(9)17-11/h1-7H,(H2,13,15,16,17). The lowest BCUT2D eigenvalue weighted by atomic mass is 10.1. The molecule has 5 heteroatoms. The van der Waals surface area contributed by atoms with Crippen LogP contribution in [-0.4, -0.2) is 19.9 Å². The van der Waals surface area contributed by atoms with Crippen LogP contribution < -0.4 is 5.73 Å². The second-order valence-corrected chi connectivity index (χ2v) is 3.60. The molecule has 0 radical (unpaired) electrons. The molecule has 0 spiro atoms. The Morgan fingerprint density at radius 1 is 1.12 bits per heavy atom. The van der Waals surface area contributed by atoms with Gasteiger partial charge in [0.15, 0.2) is 5.65 Å². The van der Waals surface area contributed by atoms with E-state index in [0.717, 1.165) is 16.5 Å². The molecule has 0 saturated heterocycles. The molecule has 0 fully saturated rings. The van der Waals surface area contributed by atoms with Crippen LogP contribution in [0.2, 0.25) is 0 Å². The van der Waals surface area contributed by atoms with Crippen LogP contribution in [0.5, 0.6) is 0 Å². The van der Waals surface area contributed by atoms with E-state index in [2.05, 4.69) is 19.9 Å². The maximum absolute atomic E-state index is 5.92. The van der Waals surface area contributed by atoms with E-state index in [1.54, 1.807) is 18.6 Å². The van der Waals surface area contributed by atoms with Gasteiger partial charge in [0.2, 0.25) is 0 Å². The molecule has 0 saturated carbocycles. The number of hydrogen-bond donors (Lipinski definition) is 1. The van der Waals surface area contributed by atoms with E-state index in [1.165, 1.54) is 6.33 Å². The predicted molar refractivity (Wildman–Crippen MR) is 65.0 cm³/mol. The van der Waals surface area contributed by atoms with Gasteiger partial charge in [-0.15, -0.1) is 0 Å². The number of rotatable bonds is 1. The van der Waals surface area contributed by atoms with Crippen molar-refractivity contribution in [2.45, 2.75) is 0 Å². The Labute approximate surface area is 97.4 Å². The summed E-state index contributed by atoms with van der Waals surface area (Å²) in [5.41, 5.74) is 8.30. The molecule has 0 aliphatic rings. The Bertz CT molecular complexity index is 666. The highest BCUT2D eigenvalue weighted by Crippen LogP contribution is 2.26. The third kappa shape index (κ3) is 1.67. The van der Waals surface area contributed by atoms with Gasteiger partial charge in [-0.1, -0.05) is 6.07 Å². The van der Waals surface area contributed by atoms with Crippen molar-refractivity contribution in [3.05, 3.63) is 43.1 Å². The van der Waals surface area contributed by atoms with E-state index in [4.69, 9.17) is 5.73 Å². The minimum absolute atomic E-state index is 0.448. The molecule has 3 rings (SSSR count). The van der Waals surface area contributed by atoms with Gasteiger partial charge in [0.1, 0.15) is 12.1 Å². The van der Waals surface area contributed by atoms with Gasteiger partial charge >= 0.3 is 0 Å². The Morgan fingerprint density at radius 3 is 2.88 bits per heavy atom. The Hall–Kier alpha value is -2.56. The lowest BCUT2D eigenvalue weighted by molar-refractivity contribution is 1.18. The highest BCUT2D eigenvalue weighted by molar-refractivity contribution is 5.85. The van der Waals surface area contributed by atoms with E-state index in [-0.39, 0.29) is 0 Å². The van der Waals surface area contributed by atoms with E-state index in [0.29, 0.717) is 11.5 Å². The lowest BCUT2D eigenvalue weighted by Gasteiger charge is -2.05. The first kappa shape index (κ1) is 9.65. The van der Waals surface area contributed by atoms with Gasteiger partial charge < -0.3 is 5.73 Å². The van der Waals surface area contributed by atoms with Crippen LogP contribution in [0.4, 0.5) is 5.82 Å². The summed E-state index contributed by atoms with van der Waals surface area (Å²) in [7, 11) is 0. The topological polar surface area (TPSA) is 77.6 Å². The highest BCUT2D eigenvalue weighted by Gasteiger charge is 2.06. The molecule has 0 aromatic carbocycles. The summed E-state index contributed by atoms with van der Waals surface area (Å²) in [6, 6.07) is 5.73. The lowest BCUT2D eigenvalue weighted by Crippen LogP contribution is -1.96. The van der Waals surface area contributed by atoms with Gasteiger partial charge in [-0.05, 0) is 12.1 Å². The number of pyridine rings is 2. The van der Waals surface area contributed by atoms with Crippen molar-refractivity contribution in [2.24, 2.45) is 0 Å². The van der Waals surface area contributed by atoms with Crippen LogP contribution in [0.1, 0.15) is 0 Å². The zero-order valence-corrected chi connectivity index (χ0v) is 8.91. The molecular weight excluding hydrogens is 214 g/mol. The number of nitrogens with two attached hydrogens (primary N) is 1. The number of nitrogen functional groups attached to an aromatic ring is 1. The molecule has 0 bridgehead atoms. The van der Waals surface area contributed by atoms with Crippen LogP contribution in [0.15, 0.2) is 43.1 Å². The maximum atomic E-state index is 5.92. The first-order valence-corrected chi connectivity index (χ1v) is 5.11. The van der Waals surface area contributed by atoms with E-state index in [9.17, 15) is 0 Å². The molecule has 0 aliphatic carbocycles. The fourth-order valence-corrected chi connectivity index (χ4v) is 1.69. The zero-order chi connectivity index (χ0) is 11.7. The Morgan fingerprint density at radius 2 is 2.06 bits per heavy atom. The first-order chi connectivity index (χ1) is 8.34. The normalized spacial score (nSPS) is 10.6. The van der Waals surface area contributed by atoms with Crippen LogP contribution in [-0.2, 0) is 0 Å². The molecule has 0 unspecified atom stereocenters. The molecular formula is C12H9N5. The van der Waals surface area contributed by atoms with Gasteiger partial charge in [0, 0.05) is 35.1 Å². The van der Waals surface area contributed by atoms with Gasteiger partial charge in [-0.25, -0.2) is 15.0 Å². The van der Waals surface area contributed by atoms with Crippen LogP contribution >= 0.6 is 0 Å². The summed E-state index contributed by atoms with van der Waals surface area (Å²) in [6.45, 7) is 0. The fraction of sp³-hybridized carbons (Fsp3) is 0. The van der Waals surface area contributed by atoms with E-state index in [1.807, 2.05) is 18.2 Å². The Kier molecular flexibility index (Phi) is 2.15. The minimum atomic E-state index is 0.448. The number of anilines is 1. The molecule has 0 atom stereocenters. The minimum Gasteiger partial charge on any atom is -0.383 e. The van der Waals surface area contributed by atoms with Crippen molar-refractivity contribution in [3.63, 3.8) is 0 Å². The number of nitrogens with zero attached hydrogens (tertiary/aromatic N) is 4. The molecule has 0 amide bonds. The fourth-order valence-electron chi connectivity index (χ4n) is 1.69. The average molecular weight is 223 g/mol. The predicted octanol–water partition coefficient (Wildman–Crippen LogP) is 1.67. The summed E-state index contributed by atoms with van der Waals surface area (Å²) < 4.78 is 0. The van der Waals surface area contributed by atoms with Crippen molar-refractivity contribution >= 4 is 16.9 Å². The van der Waals surface area contributed by atoms with Crippen molar-refractivity contribution in [3.8, 4) is 11.1 Å². The SMILES string of the molecule is Nc1nc2ncncc2cc1-c1cccnc1. The van der Waals surface area contributed by atoms with E-state index >= 15 is 0 Å². The quantitative estimate of drug-likeness (QED) is 0.679. The first-order valence-electron chi connectivity index (χ1n) is 5.11. The zero-order valence-electron chi connectivity index (χ0n) is 8.91. The molecule has 3 aromatic rings.